The van der Waals surface area contributed by atoms with Gasteiger partial charge in [-0.1, -0.05) is 59.1 Å². The molecule has 0 fully saturated rings. The quantitative estimate of drug-likeness (QED) is 0.419. The highest BCUT2D eigenvalue weighted by Crippen LogP contribution is 2.23. The maximum atomic E-state index is 13.4. The van der Waals surface area contributed by atoms with Crippen LogP contribution in [0.3, 0.4) is 0 Å². The molecule has 1 atom stereocenters. The maximum absolute atomic E-state index is 13.4. The number of carbonyl (C=O) groups excluding carboxylic acids is 2. The Labute approximate surface area is 209 Å². The van der Waals surface area contributed by atoms with Gasteiger partial charge in [0.1, 0.15) is 12.6 Å². The number of carbonyl (C=O) groups is 2. The first-order valence-electron chi connectivity index (χ1n) is 10.6. The topological polar surface area (TPSA) is 86.8 Å². The fourth-order valence-corrected chi connectivity index (χ4v) is 4.64. The molecule has 2 rings (SSSR count). The number of nitrogens with zero attached hydrogens (tertiary/aromatic N) is 2. The third kappa shape index (κ3) is 8.32. The number of sulfonamides is 1. The van der Waals surface area contributed by atoms with Gasteiger partial charge >= 0.3 is 0 Å². The van der Waals surface area contributed by atoms with Crippen molar-refractivity contribution < 1.29 is 18.0 Å². The number of rotatable bonds is 11. The predicted octanol–water partition coefficient (Wildman–Crippen LogP) is 4.20. The van der Waals surface area contributed by atoms with Gasteiger partial charge in [-0.2, -0.15) is 0 Å². The number of unbranched alkanes of at least 4 members (excludes halogenated alkanes) is 1. The Bertz CT molecular complexity index is 1080. The Morgan fingerprint density at radius 1 is 1.15 bits per heavy atom. The Morgan fingerprint density at radius 2 is 1.85 bits per heavy atom. The fraction of sp³-hybridized carbons (Fsp3) is 0.391. The average Bonchev–Trinajstić information content (AvgIpc) is 2.74. The van der Waals surface area contributed by atoms with Crippen molar-refractivity contribution in [1.82, 2.24) is 10.2 Å². The summed E-state index contributed by atoms with van der Waals surface area (Å²) >= 11 is 9.43. The van der Waals surface area contributed by atoms with Crippen LogP contribution in [0, 0.1) is 0 Å². The molecule has 0 saturated heterocycles. The Hall–Kier alpha value is -2.10. The van der Waals surface area contributed by atoms with E-state index in [-0.39, 0.29) is 12.5 Å². The lowest BCUT2D eigenvalue weighted by atomic mass is 10.1. The molecule has 0 radical (unpaired) electrons. The van der Waals surface area contributed by atoms with Crippen LogP contribution in [0.5, 0.6) is 0 Å². The Morgan fingerprint density at radius 3 is 2.45 bits per heavy atom. The van der Waals surface area contributed by atoms with E-state index in [1.807, 2.05) is 6.92 Å². The fourth-order valence-electron chi connectivity index (χ4n) is 3.20. The molecule has 2 aromatic rings. The van der Waals surface area contributed by atoms with Gasteiger partial charge in [-0.25, -0.2) is 8.42 Å². The summed E-state index contributed by atoms with van der Waals surface area (Å²) in [4.78, 5) is 27.5. The van der Waals surface area contributed by atoms with Crippen LogP contribution in [0.25, 0.3) is 0 Å². The molecule has 0 spiro atoms. The minimum atomic E-state index is -3.76. The van der Waals surface area contributed by atoms with Crippen molar-refractivity contribution >= 4 is 55.1 Å². The van der Waals surface area contributed by atoms with Crippen LogP contribution in [-0.2, 0) is 26.2 Å². The van der Waals surface area contributed by atoms with Gasteiger partial charge in [-0.3, -0.25) is 13.9 Å². The third-order valence-corrected chi connectivity index (χ3v) is 6.88. The van der Waals surface area contributed by atoms with Gasteiger partial charge in [-0.05, 0) is 49.2 Å². The van der Waals surface area contributed by atoms with E-state index < -0.39 is 28.5 Å². The normalized spacial score (nSPS) is 12.2. The summed E-state index contributed by atoms with van der Waals surface area (Å²) in [7, 11) is -3.76. The summed E-state index contributed by atoms with van der Waals surface area (Å²) < 4.78 is 26.8. The Kier molecular flexibility index (Phi) is 10.2. The van der Waals surface area contributed by atoms with Crippen molar-refractivity contribution in [2.24, 2.45) is 0 Å². The van der Waals surface area contributed by atoms with Crippen LogP contribution in [0.4, 0.5) is 5.69 Å². The number of halogens is 2. The van der Waals surface area contributed by atoms with E-state index in [2.05, 4.69) is 21.2 Å². The van der Waals surface area contributed by atoms with Gasteiger partial charge in [0.15, 0.2) is 0 Å². The molecule has 2 amide bonds. The molecule has 0 bridgehead atoms. The highest BCUT2D eigenvalue weighted by Gasteiger charge is 2.30. The van der Waals surface area contributed by atoms with E-state index in [1.54, 1.807) is 55.5 Å². The zero-order valence-corrected chi connectivity index (χ0v) is 22.1. The van der Waals surface area contributed by atoms with Crippen molar-refractivity contribution in [1.29, 1.82) is 0 Å². The predicted molar refractivity (Wildman–Crippen MR) is 136 cm³/mol. The average molecular weight is 559 g/mol. The lowest BCUT2D eigenvalue weighted by Gasteiger charge is -2.31. The summed E-state index contributed by atoms with van der Waals surface area (Å²) in [5.41, 5.74) is 1.08. The van der Waals surface area contributed by atoms with Gasteiger partial charge in [0, 0.05) is 22.6 Å². The van der Waals surface area contributed by atoms with Crippen molar-refractivity contribution in [2.75, 3.05) is 23.7 Å². The van der Waals surface area contributed by atoms with E-state index in [1.165, 1.54) is 4.90 Å². The van der Waals surface area contributed by atoms with Crippen LogP contribution in [-0.4, -0.2) is 50.5 Å². The molecule has 0 aliphatic heterocycles. The van der Waals surface area contributed by atoms with Gasteiger partial charge in [-0.15, -0.1) is 0 Å². The molecule has 2 aromatic carbocycles. The number of hydrogen-bond donors (Lipinski definition) is 1. The van der Waals surface area contributed by atoms with Crippen molar-refractivity contribution in [3.05, 3.63) is 63.6 Å². The molecule has 0 heterocycles. The molecule has 0 aliphatic rings. The lowest BCUT2D eigenvalue weighted by molar-refractivity contribution is -0.139. The van der Waals surface area contributed by atoms with Crippen LogP contribution in [0.15, 0.2) is 53.0 Å². The smallest absolute Gasteiger partial charge is 0.244 e. The van der Waals surface area contributed by atoms with E-state index in [0.29, 0.717) is 21.7 Å². The van der Waals surface area contributed by atoms with E-state index >= 15 is 0 Å². The Balaban J connectivity index is 2.34. The zero-order chi connectivity index (χ0) is 24.6. The summed E-state index contributed by atoms with van der Waals surface area (Å²) in [6.07, 6.45) is 2.80. The number of benzene rings is 2. The number of hydrogen-bond acceptors (Lipinski definition) is 4. The molecule has 7 nitrogen and oxygen atoms in total. The second-order valence-corrected chi connectivity index (χ2v) is 11.0. The molecule has 0 aromatic heterocycles. The van der Waals surface area contributed by atoms with Crippen LogP contribution < -0.4 is 9.62 Å². The van der Waals surface area contributed by atoms with Crippen molar-refractivity contribution in [3.8, 4) is 0 Å². The summed E-state index contributed by atoms with van der Waals surface area (Å²) in [5, 5.41) is 3.35. The minimum Gasteiger partial charge on any atom is -0.354 e. The summed E-state index contributed by atoms with van der Waals surface area (Å²) in [5.74, 6) is -0.800. The van der Waals surface area contributed by atoms with Gasteiger partial charge in [0.2, 0.25) is 21.8 Å². The first-order chi connectivity index (χ1) is 15.5. The highest BCUT2D eigenvalue weighted by molar-refractivity contribution is 9.10. The first-order valence-corrected chi connectivity index (χ1v) is 13.6. The second kappa shape index (κ2) is 12.4. The number of nitrogens with one attached hydrogen (secondary N) is 1. The van der Waals surface area contributed by atoms with E-state index in [0.717, 1.165) is 29.0 Å². The molecule has 33 heavy (non-hydrogen) atoms. The second-order valence-electron chi connectivity index (χ2n) is 7.72. The van der Waals surface area contributed by atoms with Gasteiger partial charge in [0.25, 0.3) is 0 Å². The zero-order valence-electron chi connectivity index (χ0n) is 18.9. The highest BCUT2D eigenvalue weighted by atomic mass is 79.9. The van der Waals surface area contributed by atoms with Gasteiger partial charge < -0.3 is 10.2 Å². The summed E-state index contributed by atoms with van der Waals surface area (Å²) in [6.45, 7) is 3.83. The van der Waals surface area contributed by atoms with Crippen LogP contribution in [0.2, 0.25) is 5.02 Å². The molecular formula is C23H29BrClN3O4S. The van der Waals surface area contributed by atoms with Crippen molar-refractivity contribution in [3.63, 3.8) is 0 Å². The molecule has 0 aliphatic carbocycles. The molecule has 180 valence electrons. The van der Waals surface area contributed by atoms with E-state index in [4.69, 9.17) is 11.6 Å². The first kappa shape index (κ1) is 27.1. The molecule has 0 unspecified atom stereocenters. The van der Waals surface area contributed by atoms with Crippen LogP contribution >= 0.6 is 27.5 Å². The largest absolute Gasteiger partial charge is 0.354 e. The molecule has 1 N–H and O–H groups in total. The van der Waals surface area contributed by atoms with E-state index in [9.17, 15) is 18.0 Å². The summed E-state index contributed by atoms with van der Waals surface area (Å²) in [6, 6.07) is 12.9. The van der Waals surface area contributed by atoms with Crippen molar-refractivity contribution in [2.45, 2.75) is 39.3 Å². The molecular weight excluding hydrogens is 530 g/mol. The number of anilines is 1. The van der Waals surface area contributed by atoms with Gasteiger partial charge in [0.05, 0.1) is 11.9 Å². The monoisotopic (exact) mass is 557 g/mol. The minimum absolute atomic E-state index is 0.109. The third-order valence-electron chi connectivity index (χ3n) is 5.01. The standard InChI is InChI=1S/C23H29BrClN3O4S/c1-4-5-12-26-23(30)17(2)27(15-18-8-6-10-20(25)13-18)22(29)16-28(33(3,31)32)21-11-7-9-19(24)14-21/h6-11,13-14,17H,4-5,12,15-16H2,1-3H3,(H,26,30)/t17-/m1/s1. The molecule has 0 saturated carbocycles. The molecule has 10 heteroatoms. The lowest BCUT2D eigenvalue weighted by Crippen LogP contribution is -2.51. The maximum Gasteiger partial charge on any atom is 0.244 e. The SMILES string of the molecule is CCCCNC(=O)[C@@H](C)N(Cc1cccc(Cl)c1)C(=O)CN(c1cccc(Br)c1)S(C)(=O)=O. The number of amides is 2. The van der Waals surface area contributed by atoms with Crippen LogP contribution in [0.1, 0.15) is 32.3 Å².